The Kier molecular flexibility index (Phi) is 5.58. The number of aromatic nitrogens is 4. The molecule has 1 aromatic carbocycles. The third-order valence-electron chi connectivity index (χ3n) is 6.07. The van der Waals surface area contributed by atoms with E-state index in [1.165, 1.54) is 6.07 Å². The van der Waals surface area contributed by atoms with E-state index in [1.807, 2.05) is 38.1 Å². The van der Waals surface area contributed by atoms with Crippen LogP contribution in [0.25, 0.3) is 17.0 Å². The molecule has 0 saturated heterocycles. The van der Waals surface area contributed by atoms with Gasteiger partial charge in [-0.2, -0.15) is 0 Å². The molecule has 33 heavy (non-hydrogen) atoms. The molecule has 8 heteroatoms. The van der Waals surface area contributed by atoms with Crippen molar-refractivity contribution in [2.24, 2.45) is 10.9 Å². The number of nitrogens with zero attached hydrogens (tertiary/aromatic N) is 5. The predicted octanol–water partition coefficient (Wildman–Crippen LogP) is 4.49. The number of hydrogen-bond acceptors (Lipinski definition) is 5. The van der Waals surface area contributed by atoms with E-state index in [2.05, 4.69) is 30.1 Å². The Balaban J connectivity index is 1.36. The van der Waals surface area contributed by atoms with E-state index < -0.39 is 0 Å². The maximum absolute atomic E-state index is 14.3. The molecule has 1 fully saturated rings. The summed E-state index contributed by atoms with van der Waals surface area (Å²) in [6.07, 6.45) is 7.97. The summed E-state index contributed by atoms with van der Waals surface area (Å²) in [5.74, 6) is 0.225. The van der Waals surface area contributed by atoms with Crippen LogP contribution in [0.3, 0.4) is 0 Å². The number of rotatable bonds is 6. The first-order valence-electron chi connectivity index (χ1n) is 11.3. The summed E-state index contributed by atoms with van der Waals surface area (Å²) in [5.41, 5.74) is 3.83. The first-order chi connectivity index (χ1) is 16.0. The Hall–Kier alpha value is -3.68. The Morgan fingerprint density at radius 2 is 2.09 bits per heavy atom. The van der Waals surface area contributed by atoms with E-state index in [4.69, 9.17) is 0 Å². The number of amides is 1. The molecule has 0 spiro atoms. The SMILES string of the molecule is CCc1ncc(C2=CC(C(=O)Nc3cccc(-c4nncn4C4CC4)c3)=NCC2C)cc1F. The number of dihydropyridines is 1. The molecule has 0 radical (unpaired) electrons. The van der Waals surface area contributed by atoms with Crippen molar-refractivity contribution in [1.29, 1.82) is 0 Å². The summed E-state index contributed by atoms with van der Waals surface area (Å²) < 4.78 is 16.4. The molecule has 1 atom stereocenters. The number of nitrogens with one attached hydrogen (secondary N) is 1. The molecule has 3 heterocycles. The van der Waals surface area contributed by atoms with E-state index >= 15 is 0 Å². The molecule has 1 aliphatic heterocycles. The van der Waals surface area contributed by atoms with Gasteiger partial charge in [-0.25, -0.2) is 4.39 Å². The average Bonchev–Trinajstić information content (AvgIpc) is 3.55. The molecule has 168 valence electrons. The highest BCUT2D eigenvalue weighted by Gasteiger charge is 2.27. The lowest BCUT2D eigenvalue weighted by molar-refractivity contribution is -0.110. The molecule has 3 aromatic rings. The van der Waals surface area contributed by atoms with Crippen molar-refractivity contribution in [2.75, 3.05) is 11.9 Å². The van der Waals surface area contributed by atoms with Crippen LogP contribution in [0, 0.1) is 11.7 Å². The monoisotopic (exact) mass is 444 g/mol. The van der Waals surface area contributed by atoms with Crippen molar-refractivity contribution in [3.63, 3.8) is 0 Å². The van der Waals surface area contributed by atoms with Gasteiger partial charge < -0.3 is 9.88 Å². The first kappa shape index (κ1) is 21.2. The Bertz CT molecular complexity index is 1270. The van der Waals surface area contributed by atoms with Gasteiger partial charge in [-0.05, 0) is 54.7 Å². The highest BCUT2D eigenvalue weighted by molar-refractivity contribution is 6.48. The number of halogens is 1. The summed E-state index contributed by atoms with van der Waals surface area (Å²) in [7, 11) is 0. The molecule has 0 bridgehead atoms. The summed E-state index contributed by atoms with van der Waals surface area (Å²) in [5, 5.41) is 11.2. The number of pyridine rings is 1. The van der Waals surface area contributed by atoms with E-state index in [0.29, 0.717) is 41.7 Å². The van der Waals surface area contributed by atoms with E-state index in [0.717, 1.165) is 29.8 Å². The van der Waals surface area contributed by atoms with Gasteiger partial charge in [-0.1, -0.05) is 26.0 Å². The normalized spacial score (nSPS) is 18.0. The van der Waals surface area contributed by atoms with Crippen LogP contribution in [0.1, 0.15) is 44.0 Å². The van der Waals surface area contributed by atoms with Crippen LogP contribution in [-0.4, -0.2) is 37.9 Å². The van der Waals surface area contributed by atoms with Crippen molar-refractivity contribution in [3.05, 3.63) is 66.0 Å². The van der Waals surface area contributed by atoms with Crippen LogP contribution in [0.15, 0.2) is 53.9 Å². The second-order valence-corrected chi connectivity index (χ2v) is 8.56. The van der Waals surface area contributed by atoms with Gasteiger partial charge in [-0.15, -0.1) is 10.2 Å². The van der Waals surface area contributed by atoms with Gasteiger partial charge in [0, 0.05) is 36.0 Å². The van der Waals surface area contributed by atoms with Crippen LogP contribution in [-0.2, 0) is 11.2 Å². The molecule has 1 N–H and O–H groups in total. The molecule has 2 aliphatic rings. The molecular weight excluding hydrogens is 419 g/mol. The van der Waals surface area contributed by atoms with Crippen molar-refractivity contribution in [3.8, 4) is 11.4 Å². The molecule has 7 nitrogen and oxygen atoms in total. The average molecular weight is 445 g/mol. The van der Waals surface area contributed by atoms with Crippen molar-refractivity contribution < 1.29 is 9.18 Å². The Morgan fingerprint density at radius 3 is 2.85 bits per heavy atom. The largest absolute Gasteiger partial charge is 0.321 e. The van der Waals surface area contributed by atoms with Gasteiger partial charge in [0.15, 0.2) is 5.82 Å². The summed E-state index contributed by atoms with van der Waals surface area (Å²) >= 11 is 0. The van der Waals surface area contributed by atoms with Crippen LogP contribution < -0.4 is 5.32 Å². The molecular formula is C25H25FN6O. The Morgan fingerprint density at radius 1 is 1.24 bits per heavy atom. The van der Waals surface area contributed by atoms with Crippen LogP contribution in [0.2, 0.25) is 0 Å². The van der Waals surface area contributed by atoms with Crippen molar-refractivity contribution in [2.45, 2.75) is 39.2 Å². The Labute approximate surface area is 191 Å². The minimum absolute atomic E-state index is 0.0624. The van der Waals surface area contributed by atoms with Crippen LogP contribution in [0.4, 0.5) is 10.1 Å². The smallest absolute Gasteiger partial charge is 0.273 e. The lowest BCUT2D eigenvalue weighted by Gasteiger charge is -2.20. The fraction of sp³-hybridized carbons (Fsp3) is 0.320. The number of aryl methyl sites for hydroxylation is 1. The standard InChI is InChI=1S/C25H25FN6O/c1-3-22-21(26)10-17(13-28-22)20-11-23(27-12-15(20)2)25(33)30-18-6-4-5-16(9-18)24-31-29-14-32(24)19-7-8-19/h4-6,9-11,13-15,19H,3,7-8,12H2,1-2H3,(H,30,33). The van der Waals surface area contributed by atoms with Gasteiger partial charge in [0.25, 0.3) is 5.91 Å². The number of carbonyl (C=O) groups excluding carboxylic acids is 1. The fourth-order valence-electron chi connectivity index (χ4n) is 4.06. The van der Waals surface area contributed by atoms with Gasteiger partial charge >= 0.3 is 0 Å². The quantitative estimate of drug-likeness (QED) is 0.607. The lowest BCUT2D eigenvalue weighted by Crippen LogP contribution is -2.25. The minimum Gasteiger partial charge on any atom is -0.321 e. The maximum Gasteiger partial charge on any atom is 0.273 e. The van der Waals surface area contributed by atoms with Crippen molar-refractivity contribution in [1.82, 2.24) is 19.7 Å². The number of benzene rings is 1. The minimum atomic E-state index is -0.326. The number of aliphatic imine (C=N–C) groups is 1. The van der Waals surface area contributed by atoms with E-state index in [9.17, 15) is 9.18 Å². The third-order valence-corrected chi connectivity index (χ3v) is 6.07. The number of carbonyl (C=O) groups is 1. The van der Waals surface area contributed by atoms with Crippen LogP contribution >= 0.6 is 0 Å². The number of anilines is 1. The van der Waals surface area contributed by atoms with E-state index in [1.54, 1.807) is 18.6 Å². The van der Waals surface area contributed by atoms with Crippen LogP contribution in [0.5, 0.6) is 0 Å². The second kappa shape index (κ2) is 8.69. The summed E-state index contributed by atoms with van der Waals surface area (Å²) in [6.45, 7) is 4.33. The van der Waals surface area contributed by atoms with Crippen molar-refractivity contribution >= 4 is 22.9 Å². The first-order valence-corrected chi connectivity index (χ1v) is 11.3. The van der Waals surface area contributed by atoms with Gasteiger partial charge in [0.1, 0.15) is 17.9 Å². The molecule has 5 rings (SSSR count). The zero-order valence-electron chi connectivity index (χ0n) is 18.6. The second-order valence-electron chi connectivity index (χ2n) is 8.56. The zero-order valence-corrected chi connectivity index (χ0v) is 18.6. The maximum atomic E-state index is 14.3. The predicted molar refractivity (Wildman–Crippen MR) is 125 cm³/mol. The topological polar surface area (TPSA) is 85.1 Å². The third kappa shape index (κ3) is 4.33. The van der Waals surface area contributed by atoms with E-state index in [-0.39, 0.29) is 17.6 Å². The number of hydrogen-bond donors (Lipinski definition) is 1. The molecule has 1 unspecified atom stereocenters. The molecule has 1 amide bonds. The molecule has 1 saturated carbocycles. The fourth-order valence-corrected chi connectivity index (χ4v) is 4.06. The summed E-state index contributed by atoms with van der Waals surface area (Å²) in [4.78, 5) is 21.7. The molecule has 2 aromatic heterocycles. The highest BCUT2D eigenvalue weighted by atomic mass is 19.1. The molecule has 1 aliphatic carbocycles. The van der Waals surface area contributed by atoms with Gasteiger partial charge in [0.05, 0.1) is 5.69 Å². The zero-order chi connectivity index (χ0) is 22.9. The summed E-state index contributed by atoms with van der Waals surface area (Å²) in [6, 6.07) is 9.51. The van der Waals surface area contributed by atoms with Gasteiger partial charge in [-0.3, -0.25) is 14.8 Å². The van der Waals surface area contributed by atoms with Gasteiger partial charge in [0.2, 0.25) is 0 Å². The highest BCUT2D eigenvalue weighted by Crippen LogP contribution is 2.37. The lowest BCUT2D eigenvalue weighted by atomic mass is 9.91.